The van der Waals surface area contributed by atoms with Gasteiger partial charge in [0, 0.05) is 5.92 Å². The summed E-state index contributed by atoms with van der Waals surface area (Å²) in [5, 5.41) is 10.4. The largest absolute Gasteiger partial charge is 0.393 e. The molecule has 0 unspecified atom stereocenters. The van der Waals surface area contributed by atoms with Crippen LogP contribution >= 0.6 is 0 Å². The van der Waals surface area contributed by atoms with Gasteiger partial charge in [-0.05, 0) is 104 Å². The summed E-state index contributed by atoms with van der Waals surface area (Å²) in [4.78, 5) is 0. The minimum Gasteiger partial charge on any atom is -0.393 e. The van der Waals surface area contributed by atoms with Crippen molar-refractivity contribution in [3.63, 3.8) is 0 Å². The fourth-order valence-electron chi connectivity index (χ4n) is 9.78. The van der Waals surface area contributed by atoms with E-state index in [2.05, 4.69) is 34.6 Å². The van der Waals surface area contributed by atoms with Crippen LogP contribution in [0.4, 0.5) is 8.78 Å². The van der Waals surface area contributed by atoms with Crippen LogP contribution in [-0.4, -0.2) is 17.6 Å². The molecule has 0 spiro atoms. The van der Waals surface area contributed by atoms with E-state index in [0.29, 0.717) is 17.8 Å². The van der Waals surface area contributed by atoms with E-state index in [0.717, 1.165) is 48.9 Å². The van der Waals surface area contributed by atoms with E-state index >= 15 is 0 Å². The van der Waals surface area contributed by atoms with E-state index < -0.39 is 18.4 Å². The lowest BCUT2D eigenvalue weighted by molar-refractivity contribution is -0.178. The molecule has 0 saturated heterocycles. The second-order valence-electron chi connectivity index (χ2n) is 13.1. The molecule has 0 amide bonds. The van der Waals surface area contributed by atoms with E-state index in [9.17, 15) is 13.9 Å². The molecule has 4 rings (SSSR count). The Balaban J connectivity index is 1.50. The van der Waals surface area contributed by atoms with Gasteiger partial charge in [-0.25, -0.2) is 8.78 Å². The highest BCUT2D eigenvalue weighted by atomic mass is 19.3. The van der Waals surface area contributed by atoms with Crippen LogP contribution in [0, 0.1) is 58.2 Å². The smallest absolute Gasteiger partial charge is 0.244 e. The van der Waals surface area contributed by atoms with Crippen molar-refractivity contribution < 1.29 is 13.9 Å². The Morgan fingerprint density at radius 3 is 2.13 bits per heavy atom. The van der Waals surface area contributed by atoms with Gasteiger partial charge >= 0.3 is 0 Å². The van der Waals surface area contributed by atoms with Crippen molar-refractivity contribution in [2.45, 2.75) is 118 Å². The van der Waals surface area contributed by atoms with Crippen LogP contribution in [0.3, 0.4) is 0 Å². The molecule has 0 aromatic heterocycles. The monoisotopic (exact) mass is 438 g/mol. The standard InChI is InChI=1S/C28H48F2O/c1-17(2)7-6-8-18(3)20-11-12-21-19-9-10-23-25(26(29)30)24(31)14-16-28(23,5)22(19)13-15-27(20,21)4/h17-26,31H,6-16H2,1-5H3/t18-,19+,20-,21+,22+,23+,24+,25+,27-,28-/m1/s1. The number of hydrogen-bond acceptors (Lipinski definition) is 1. The van der Waals surface area contributed by atoms with Gasteiger partial charge in [0.15, 0.2) is 0 Å². The second-order valence-corrected chi connectivity index (χ2v) is 13.1. The molecular formula is C28H48F2O. The second kappa shape index (κ2) is 8.88. The molecule has 4 fully saturated rings. The van der Waals surface area contributed by atoms with Gasteiger partial charge < -0.3 is 5.11 Å². The first-order chi connectivity index (χ1) is 14.6. The molecule has 4 aliphatic rings. The van der Waals surface area contributed by atoms with Crippen LogP contribution in [0.15, 0.2) is 0 Å². The summed E-state index contributed by atoms with van der Waals surface area (Å²) in [7, 11) is 0. The van der Waals surface area contributed by atoms with Gasteiger partial charge in [-0.2, -0.15) is 0 Å². The minimum absolute atomic E-state index is 0.00550. The van der Waals surface area contributed by atoms with Crippen molar-refractivity contribution in [2.75, 3.05) is 0 Å². The maximum Gasteiger partial charge on any atom is 0.244 e. The SMILES string of the molecule is CC(C)CCC[C@@H](C)[C@H]1CC[C@H]2[C@@H]3CC[C@H]4[C@H](C(F)F)[C@@H](O)CC[C@]4(C)[C@H]3CC[C@]12C. The first-order valence-electron chi connectivity index (χ1n) is 13.6. The summed E-state index contributed by atoms with van der Waals surface area (Å²) in [6.45, 7) is 12.1. The van der Waals surface area contributed by atoms with E-state index in [1.807, 2.05) is 0 Å². The number of aliphatic hydroxyl groups is 1. The van der Waals surface area contributed by atoms with Crippen molar-refractivity contribution in [1.29, 1.82) is 0 Å². The lowest BCUT2D eigenvalue weighted by atomic mass is 9.43. The molecule has 0 radical (unpaired) electrons. The van der Waals surface area contributed by atoms with E-state index in [1.165, 1.54) is 44.9 Å². The number of hydrogen-bond donors (Lipinski definition) is 1. The van der Waals surface area contributed by atoms with Crippen LogP contribution in [0.1, 0.15) is 105 Å². The lowest BCUT2D eigenvalue weighted by Gasteiger charge is -2.62. The van der Waals surface area contributed by atoms with Gasteiger partial charge in [0.05, 0.1) is 6.10 Å². The van der Waals surface area contributed by atoms with Gasteiger partial charge in [0.2, 0.25) is 6.43 Å². The third-order valence-electron chi connectivity index (χ3n) is 11.3. The molecule has 1 N–H and O–H groups in total. The van der Waals surface area contributed by atoms with Crippen LogP contribution in [0.2, 0.25) is 0 Å². The Kier molecular flexibility index (Phi) is 6.86. The Hall–Kier alpha value is -0.180. The topological polar surface area (TPSA) is 20.2 Å². The lowest BCUT2D eigenvalue weighted by Crippen LogP contribution is -2.57. The number of fused-ring (bicyclic) bond motifs is 5. The zero-order valence-electron chi connectivity index (χ0n) is 20.8. The van der Waals surface area contributed by atoms with Crippen molar-refractivity contribution in [3.05, 3.63) is 0 Å². The van der Waals surface area contributed by atoms with Crippen LogP contribution in [0.25, 0.3) is 0 Å². The van der Waals surface area contributed by atoms with E-state index in [4.69, 9.17) is 0 Å². The molecule has 4 saturated carbocycles. The molecule has 0 heterocycles. The van der Waals surface area contributed by atoms with Crippen LogP contribution < -0.4 is 0 Å². The summed E-state index contributed by atoms with van der Waals surface area (Å²) in [5.74, 6) is 3.77. The number of rotatable bonds is 6. The molecule has 180 valence electrons. The maximum absolute atomic E-state index is 13.9. The zero-order valence-corrected chi connectivity index (χ0v) is 20.8. The molecule has 0 aromatic rings. The average molecular weight is 439 g/mol. The van der Waals surface area contributed by atoms with Gasteiger partial charge in [0.1, 0.15) is 0 Å². The maximum atomic E-state index is 13.9. The summed E-state index contributed by atoms with van der Waals surface area (Å²) >= 11 is 0. The Labute approximate surface area is 190 Å². The fraction of sp³-hybridized carbons (Fsp3) is 1.00. The predicted octanol–water partition coefficient (Wildman–Crippen LogP) is 7.96. The average Bonchev–Trinajstić information content (AvgIpc) is 3.05. The first kappa shape index (κ1) is 24.0. The van der Waals surface area contributed by atoms with Crippen LogP contribution in [-0.2, 0) is 0 Å². The first-order valence-corrected chi connectivity index (χ1v) is 13.6. The third-order valence-corrected chi connectivity index (χ3v) is 11.3. The summed E-state index contributed by atoms with van der Waals surface area (Å²) in [6.07, 6.45) is 9.70. The quantitative estimate of drug-likeness (QED) is 0.446. The van der Waals surface area contributed by atoms with Crippen LogP contribution in [0.5, 0.6) is 0 Å². The Morgan fingerprint density at radius 2 is 1.45 bits per heavy atom. The van der Waals surface area contributed by atoms with E-state index in [-0.39, 0.29) is 11.3 Å². The van der Waals surface area contributed by atoms with E-state index in [1.54, 1.807) is 0 Å². The molecular weight excluding hydrogens is 390 g/mol. The molecule has 31 heavy (non-hydrogen) atoms. The van der Waals surface area contributed by atoms with Gasteiger partial charge in [-0.15, -0.1) is 0 Å². The number of alkyl halides is 2. The predicted molar refractivity (Wildman–Crippen MR) is 124 cm³/mol. The van der Waals surface area contributed by atoms with Crippen molar-refractivity contribution >= 4 is 0 Å². The van der Waals surface area contributed by atoms with Gasteiger partial charge in [-0.3, -0.25) is 0 Å². The summed E-state index contributed by atoms with van der Waals surface area (Å²) < 4.78 is 27.9. The minimum atomic E-state index is -2.38. The summed E-state index contributed by atoms with van der Waals surface area (Å²) in [5.41, 5.74) is 0.462. The fourth-order valence-corrected chi connectivity index (χ4v) is 9.78. The normalized spacial score (nSPS) is 48.4. The van der Waals surface area contributed by atoms with Crippen molar-refractivity contribution in [2.24, 2.45) is 58.2 Å². The molecule has 1 nitrogen and oxygen atoms in total. The third kappa shape index (κ3) is 4.01. The van der Waals surface area contributed by atoms with Crippen molar-refractivity contribution in [3.8, 4) is 0 Å². The molecule has 0 aliphatic heterocycles. The molecule has 10 atom stereocenters. The summed E-state index contributed by atoms with van der Waals surface area (Å²) in [6, 6.07) is 0. The highest BCUT2D eigenvalue weighted by molar-refractivity contribution is 5.11. The van der Waals surface area contributed by atoms with Gasteiger partial charge in [-0.1, -0.05) is 53.9 Å². The highest BCUT2D eigenvalue weighted by Crippen LogP contribution is 2.69. The highest BCUT2D eigenvalue weighted by Gasteiger charge is 2.62. The Morgan fingerprint density at radius 1 is 0.806 bits per heavy atom. The number of halogens is 2. The van der Waals surface area contributed by atoms with Gasteiger partial charge in [0.25, 0.3) is 0 Å². The number of aliphatic hydroxyl groups excluding tert-OH is 1. The molecule has 0 bridgehead atoms. The molecule has 0 aromatic carbocycles. The molecule has 4 aliphatic carbocycles. The Bertz CT molecular complexity index is 620. The zero-order chi connectivity index (χ0) is 22.6. The molecule has 3 heteroatoms. The van der Waals surface area contributed by atoms with Crippen molar-refractivity contribution in [1.82, 2.24) is 0 Å².